The summed E-state index contributed by atoms with van der Waals surface area (Å²) in [7, 11) is 0. The molecular weight excluding hydrogens is 432 g/mol. The van der Waals surface area contributed by atoms with E-state index in [1.165, 1.54) is 30.4 Å². The molecule has 1 heterocycles. The molecule has 0 saturated heterocycles. The molecule has 0 unspecified atom stereocenters. The van der Waals surface area contributed by atoms with Crippen molar-refractivity contribution in [2.45, 2.75) is 46.5 Å². The molecule has 0 aliphatic carbocycles. The third-order valence-electron chi connectivity index (χ3n) is 4.89. The molecule has 168 valence electrons. The number of ketones is 2. The SMILES string of the molecule is CC(=O)COc1ccc(C(=O)CCc2sc(-c3cc(F)cc(F)c3)nc2C(C)C)cc1C. The van der Waals surface area contributed by atoms with E-state index in [9.17, 15) is 18.4 Å². The van der Waals surface area contributed by atoms with E-state index in [-0.39, 0.29) is 30.5 Å². The van der Waals surface area contributed by atoms with Crippen LogP contribution in [0.15, 0.2) is 36.4 Å². The Balaban J connectivity index is 1.76. The number of halogens is 2. The average molecular weight is 458 g/mol. The molecule has 3 aromatic rings. The van der Waals surface area contributed by atoms with Crippen molar-refractivity contribution in [3.05, 3.63) is 69.7 Å². The van der Waals surface area contributed by atoms with Gasteiger partial charge in [0.25, 0.3) is 0 Å². The van der Waals surface area contributed by atoms with Gasteiger partial charge in [0.1, 0.15) is 29.0 Å². The van der Waals surface area contributed by atoms with Gasteiger partial charge in [0.15, 0.2) is 11.6 Å². The number of Topliss-reactive ketones (excluding diaryl/α,β-unsaturated/α-hetero) is 2. The average Bonchev–Trinajstić information content (AvgIpc) is 3.15. The van der Waals surface area contributed by atoms with Crippen molar-refractivity contribution in [1.29, 1.82) is 0 Å². The second-order valence-electron chi connectivity index (χ2n) is 8.03. The molecule has 0 fully saturated rings. The van der Waals surface area contributed by atoms with E-state index in [1.54, 1.807) is 18.2 Å². The fourth-order valence-electron chi connectivity index (χ4n) is 3.33. The Morgan fingerprint density at radius 2 is 1.78 bits per heavy atom. The van der Waals surface area contributed by atoms with Gasteiger partial charge in [-0.3, -0.25) is 9.59 Å². The zero-order valence-corrected chi connectivity index (χ0v) is 19.3. The highest BCUT2D eigenvalue weighted by atomic mass is 32.1. The van der Waals surface area contributed by atoms with Crippen LogP contribution in [0.3, 0.4) is 0 Å². The molecule has 32 heavy (non-hydrogen) atoms. The number of aryl methyl sites for hydroxylation is 2. The topological polar surface area (TPSA) is 56.3 Å². The lowest BCUT2D eigenvalue weighted by Crippen LogP contribution is -2.08. The zero-order chi connectivity index (χ0) is 23.4. The van der Waals surface area contributed by atoms with E-state index in [4.69, 9.17) is 4.74 Å². The van der Waals surface area contributed by atoms with Gasteiger partial charge in [0.2, 0.25) is 0 Å². The minimum absolute atomic E-state index is 0.00492. The Labute approximate surface area is 190 Å². The van der Waals surface area contributed by atoms with Crippen molar-refractivity contribution < 1.29 is 23.1 Å². The lowest BCUT2D eigenvalue weighted by molar-refractivity contribution is -0.118. The molecule has 3 rings (SSSR count). The molecule has 1 aromatic heterocycles. The Bertz CT molecular complexity index is 1130. The zero-order valence-electron chi connectivity index (χ0n) is 18.5. The van der Waals surface area contributed by atoms with Gasteiger partial charge < -0.3 is 4.74 Å². The van der Waals surface area contributed by atoms with Crippen LogP contribution in [-0.4, -0.2) is 23.2 Å². The van der Waals surface area contributed by atoms with Gasteiger partial charge >= 0.3 is 0 Å². The fraction of sp³-hybridized carbons (Fsp3) is 0.320. The number of benzene rings is 2. The Hall–Kier alpha value is -2.93. The number of hydrogen-bond donors (Lipinski definition) is 0. The van der Waals surface area contributed by atoms with E-state index >= 15 is 0 Å². The summed E-state index contributed by atoms with van der Waals surface area (Å²) in [4.78, 5) is 29.4. The normalized spacial score (nSPS) is 11.1. The minimum atomic E-state index is -0.649. The molecule has 0 saturated carbocycles. The van der Waals surface area contributed by atoms with Crippen molar-refractivity contribution in [1.82, 2.24) is 4.98 Å². The quantitative estimate of drug-likeness (QED) is 0.354. The Morgan fingerprint density at radius 1 is 1.09 bits per heavy atom. The number of carbonyl (C=O) groups excluding carboxylic acids is 2. The molecule has 0 spiro atoms. The molecule has 2 aromatic carbocycles. The van der Waals surface area contributed by atoms with E-state index in [0.29, 0.717) is 28.3 Å². The van der Waals surface area contributed by atoms with Gasteiger partial charge in [0.05, 0.1) is 5.69 Å². The maximum absolute atomic E-state index is 13.6. The van der Waals surface area contributed by atoms with Gasteiger partial charge in [0, 0.05) is 28.5 Å². The Kier molecular flexibility index (Phi) is 7.51. The van der Waals surface area contributed by atoms with E-state index < -0.39 is 11.6 Å². The predicted molar refractivity (Wildman–Crippen MR) is 122 cm³/mol. The highest BCUT2D eigenvalue weighted by molar-refractivity contribution is 7.15. The van der Waals surface area contributed by atoms with E-state index in [0.717, 1.165) is 22.2 Å². The maximum atomic E-state index is 13.6. The molecule has 0 radical (unpaired) electrons. The van der Waals surface area contributed by atoms with Gasteiger partial charge in [-0.25, -0.2) is 13.8 Å². The largest absolute Gasteiger partial charge is 0.486 e. The summed E-state index contributed by atoms with van der Waals surface area (Å²) in [5, 5.41) is 0.539. The highest BCUT2D eigenvalue weighted by Gasteiger charge is 2.18. The van der Waals surface area contributed by atoms with Crippen LogP contribution in [0.5, 0.6) is 5.75 Å². The number of thiazole rings is 1. The molecule has 0 aliphatic heterocycles. The summed E-state index contributed by atoms with van der Waals surface area (Å²) < 4.78 is 32.7. The van der Waals surface area contributed by atoms with Gasteiger partial charge in [-0.05, 0) is 62.1 Å². The first-order valence-corrected chi connectivity index (χ1v) is 11.2. The van der Waals surface area contributed by atoms with Crippen molar-refractivity contribution in [2.24, 2.45) is 0 Å². The number of carbonyl (C=O) groups is 2. The van der Waals surface area contributed by atoms with Crippen LogP contribution in [0.4, 0.5) is 8.78 Å². The van der Waals surface area contributed by atoms with Crippen molar-refractivity contribution >= 4 is 22.9 Å². The lowest BCUT2D eigenvalue weighted by atomic mass is 10.0. The summed E-state index contributed by atoms with van der Waals surface area (Å²) in [6, 6.07) is 8.52. The summed E-state index contributed by atoms with van der Waals surface area (Å²) >= 11 is 1.36. The molecule has 7 heteroatoms. The van der Waals surface area contributed by atoms with Crippen molar-refractivity contribution in [2.75, 3.05) is 6.61 Å². The third-order valence-corrected chi connectivity index (χ3v) is 6.07. The van der Waals surface area contributed by atoms with Crippen molar-refractivity contribution in [3.63, 3.8) is 0 Å². The van der Waals surface area contributed by atoms with Crippen LogP contribution < -0.4 is 4.74 Å². The first kappa shape index (κ1) is 23.7. The first-order valence-electron chi connectivity index (χ1n) is 10.4. The molecule has 4 nitrogen and oxygen atoms in total. The molecule has 0 aliphatic rings. The fourth-order valence-corrected chi connectivity index (χ4v) is 4.53. The number of rotatable bonds is 9. The number of hydrogen-bond acceptors (Lipinski definition) is 5. The summed E-state index contributed by atoms with van der Waals surface area (Å²) in [6.45, 7) is 7.28. The highest BCUT2D eigenvalue weighted by Crippen LogP contribution is 2.33. The summed E-state index contributed by atoms with van der Waals surface area (Å²) in [5.74, 6) is -0.701. The second kappa shape index (κ2) is 10.1. The van der Waals surface area contributed by atoms with E-state index in [1.807, 2.05) is 20.8 Å². The predicted octanol–water partition coefficient (Wildman–Crippen LogP) is 6.30. The maximum Gasteiger partial charge on any atom is 0.167 e. The lowest BCUT2D eigenvalue weighted by Gasteiger charge is -2.09. The monoisotopic (exact) mass is 457 g/mol. The first-order chi connectivity index (χ1) is 15.1. The number of aromatic nitrogens is 1. The van der Waals surface area contributed by atoms with E-state index in [2.05, 4.69) is 4.98 Å². The van der Waals surface area contributed by atoms with Crippen LogP contribution in [0.1, 0.15) is 59.6 Å². The second-order valence-corrected chi connectivity index (χ2v) is 9.12. The minimum Gasteiger partial charge on any atom is -0.486 e. The van der Waals surface area contributed by atoms with Crippen LogP contribution in [0.2, 0.25) is 0 Å². The number of nitrogens with zero attached hydrogens (tertiary/aromatic N) is 1. The third kappa shape index (κ3) is 5.85. The summed E-state index contributed by atoms with van der Waals surface area (Å²) in [6.07, 6.45) is 0.773. The van der Waals surface area contributed by atoms with Gasteiger partial charge in [-0.1, -0.05) is 13.8 Å². The van der Waals surface area contributed by atoms with Gasteiger partial charge in [-0.15, -0.1) is 11.3 Å². The van der Waals surface area contributed by atoms with Crippen LogP contribution in [-0.2, 0) is 11.2 Å². The Morgan fingerprint density at radius 3 is 2.38 bits per heavy atom. The molecule has 0 bridgehead atoms. The smallest absolute Gasteiger partial charge is 0.167 e. The molecule has 0 N–H and O–H groups in total. The van der Waals surface area contributed by atoms with Gasteiger partial charge in [-0.2, -0.15) is 0 Å². The van der Waals surface area contributed by atoms with Crippen molar-refractivity contribution in [3.8, 4) is 16.3 Å². The summed E-state index contributed by atoms with van der Waals surface area (Å²) in [5.41, 5.74) is 2.59. The van der Waals surface area contributed by atoms with Crippen LogP contribution in [0, 0.1) is 18.6 Å². The van der Waals surface area contributed by atoms with Crippen LogP contribution in [0.25, 0.3) is 10.6 Å². The molecule has 0 amide bonds. The number of ether oxygens (including phenoxy) is 1. The molecular formula is C25H25F2NO3S. The van der Waals surface area contributed by atoms with Crippen LogP contribution >= 0.6 is 11.3 Å². The standard InChI is InChI=1S/C25H25F2NO3S/c1-14(2)24-23(32-25(28-24)18-10-19(26)12-20(27)11-18)8-6-21(30)17-5-7-22(15(3)9-17)31-13-16(4)29/h5,7,9-12,14H,6,8,13H2,1-4H3. The molecule has 0 atom stereocenters.